The summed E-state index contributed by atoms with van der Waals surface area (Å²) < 4.78 is 47.2. The standard InChI is InChI=1S/C27H17F3N6O4/c28-27(29,30)23-21(15-36(35-23)22-6-1-2-11-31-22)24(37)34-19-9-7-16(8-10-19)18-13-32-26(33-14-18)40-20-5-3-4-17(12-20)25(38)39/h1-15H,(H,34,37)(H,38,39). The highest BCUT2D eigenvalue weighted by Gasteiger charge is 2.39. The van der Waals surface area contributed by atoms with Gasteiger partial charge in [-0.1, -0.05) is 24.3 Å². The summed E-state index contributed by atoms with van der Waals surface area (Å²) in [7, 11) is 0. The van der Waals surface area contributed by atoms with Gasteiger partial charge in [0, 0.05) is 36.0 Å². The van der Waals surface area contributed by atoms with Crippen molar-refractivity contribution in [3.05, 3.63) is 108 Å². The molecule has 0 fully saturated rings. The van der Waals surface area contributed by atoms with Gasteiger partial charge in [0.05, 0.1) is 11.1 Å². The van der Waals surface area contributed by atoms with Crippen LogP contribution in [0.5, 0.6) is 11.8 Å². The summed E-state index contributed by atoms with van der Waals surface area (Å²) in [6.07, 6.45) is 0.494. The Morgan fingerprint density at radius 3 is 2.30 bits per heavy atom. The summed E-state index contributed by atoms with van der Waals surface area (Å²) >= 11 is 0. The molecular weight excluding hydrogens is 529 g/mol. The van der Waals surface area contributed by atoms with E-state index in [1.54, 1.807) is 30.3 Å². The van der Waals surface area contributed by atoms with E-state index >= 15 is 0 Å². The third kappa shape index (κ3) is 5.78. The monoisotopic (exact) mass is 546 g/mol. The normalized spacial score (nSPS) is 11.2. The first kappa shape index (κ1) is 26.0. The zero-order valence-electron chi connectivity index (χ0n) is 20.2. The Labute approximate surface area is 223 Å². The van der Waals surface area contributed by atoms with Crippen LogP contribution in [-0.2, 0) is 6.18 Å². The van der Waals surface area contributed by atoms with Crippen molar-refractivity contribution < 1.29 is 32.6 Å². The Bertz CT molecular complexity index is 1670. The topological polar surface area (TPSA) is 132 Å². The van der Waals surface area contributed by atoms with Gasteiger partial charge in [-0.3, -0.25) is 4.79 Å². The number of carboxylic acid groups (broad SMARTS) is 1. The zero-order chi connectivity index (χ0) is 28.3. The SMILES string of the molecule is O=C(O)c1cccc(Oc2ncc(-c3ccc(NC(=O)c4cn(-c5ccccn5)nc4C(F)(F)F)cc3)cn2)c1. The summed E-state index contributed by atoms with van der Waals surface area (Å²) in [5, 5.41) is 15.1. The van der Waals surface area contributed by atoms with Gasteiger partial charge in [0.1, 0.15) is 5.75 Å². The molecule has 2 N–H and O–H groups in total. The highest BCUT2D eigenvalue weighted by molar-refractivity contribution is 6.05. The van der Waals surface area contributed by atoms with Crippen LogP contribution in [0.4, 0.5) is 18.9 Å². The molecule has 0 aliphatic carbocycles. The number of benzene rings is 2. The number of nitrogens with one attached hydrogen (secondary N) is 1. The molecule has 200 valence electrons. The Kier molecular flexibility index (Phi) is 6.93. The fourth-order valence-corrected chi connectivity index (χ4v) is 3.62. The predicted octanol–water partition coefficient (Wildman–Crippen LogP) is 5.49. The van der Waals surface area contributed by atoms with Gasteiger partial charge in [-0.05, 0) is 48.0 Å². The number of carbonyl (C=O) groups is 2. The maximum absolute atomic E-state index is 13.6. The van der Waals surface area contributed by atoms with E-state index in [1.807, 2.05) is 0 Å². The molecule has 0 atom stereocenters. The lowest BCUT2D eigenvalue weighted by Gasteiger charge is -2.08. The van der Waals surface area contributed by atoms with Gasteiger partial charge in [-0.15, -0.1) is 0 Å². The summed E-state index contributed by atoms with van der Waals surface area (Å²) in [6.45, 7) is 0. The van der Waals surface area contributed by atoms with Gasteiger partial charge in [-0.2, -0.15) is 18.3 Å². The summed E-state index contributed by atoms with van der Waals surface area (Å²) in [6, 6.07) is 16.8. The van der Waals surface area contributed by atoms with E-state index in [-0.39, 0.29) is 28.8 Å². The van der Waals surface area contributed by atoms with Crippen LogP contribution in [0.2, 0.25) is 0 Å². The minimum atomic E-state index is -4.86. The molecule has 10 nitrogen and oxygen atoms in total. The maximum Gasteiger partial charge on any atom is 0.435 e. The lowest BCUT2D eigenvalue weighted by Crippen LogP contribution is -2.17. The Morgan fingerprint density at radius 2 is 1.65 bits per heavy atom. The van der Waals surface area contributed by atoms with E-state index < -0.39 is 29.3 Å². The number of aromatic carboxylic acids is 1. The molecule has 0 saturated heterocycles. The number of carboxylic acids is 1. The zero-order valence-corrected chi connectivity index (χ0v) is 20.2. The third-order valence-corrected chi connectivity index (χ3v) is 5.51. The van der Waals surface area contributed by atoms with Crippen LogP contribution in [-0.4, -0.2) is 41.7 Å². The Morgan fingerprint density at radius 1 is 0.900 bits per heavy atom. The van der Waals surface area contributed by atoms with Crippen molar-refractivity contribution in [2.24, 2.45) is 0 Å². The molecule has 1 amide bonds. The molecule has 3 aromatic heterocycles. The third-order valence-electron chi connectivity index (χ3n) is 5.51. The van der Waals surface area contributed by atoms with E-state index in [4.69, 9.17) is 9.84 Å². The number of halogens is 3. The van der Waals surface area contributed by atoms with Gasteiger partial charge in [0.15, 0.2) is 11.5 Å². The number of anilines is 1. The van der Waals surface area contributed by atoms with E-state index in [0.29, 0.717) is 11.1 Å². The molecule has 5 aromatic rings. The summed E-state index contributed by atoms with van der Waals surface area (Å²) in [5.41, 5.74) is -0.414. The molecule has 0 spiro atoms. The number of amides is 1. The number of nitrogens with zero attached hydrogens (tertiary/aromatic N) is 5. The molecule has 2 aromatic carbocycles. The summed E-state index contributed by atoms with van der Waals surface area (Å²) in [4.78, 5) is 36.1. The molecule has 5 rings (SSSR count). The van der Waals surface area contributed by atoms with Crippen molar-refractivity contribution in [1.29, 1.82) is 0 Å². The van der Waals surface area contributed by atoms with Gasteiger partial charge >= 0.3 is 18.2 Å². The Balaban J connectivity index is 1.29. The Hall–Kier alpha value is -5.59. The second kappa shape index (κ2) is 10.6. The quantitative estimate of drug-likeness (QED) is 0.274. The molecule has 0 radical (unpaired) electrons. The van der Waals surface area contributed by atoms with Crippen LogP contribution < -0.4 is 10.1 Å². The number of pyridine rings is 1. The van der Waals surface area contributed by atoms with Crippen molar-refractivity contribution in [3.63, 3.8) is 0 Å². The lowest BCUT2D eigenvalue weighted by atomic mass is 10.1. The van der Waals surface area contributed by atoms with Crippen LogP contribution >= 0.6 is 0 Å². The van der Waals surface area contributed by atoms with Crippen molar-refractivity contribution in [1.82, 2.24) is 24.7 Å². The van der Waals surface area contributed by atoms with E-state index in [2.05, 4.69) is 25.4 Å². The molecule has 40 heavy (non-hydrogen) atoms. The van der Waals surface area contributed by atoms with Crippen LogP contribution in [0.1, 0.15) is 26.4 Å². The molecule has 0 aliphatic rings. The first-order valence-electron chi connectivity index (χ1n) is 11.5. The number of carbonyl (C=O) groups excluding carboxylic acids is 1. The van der Waals surface area contributed by atoms with Crippen molar-refractivity contribution in [2.45, 2.75) is 6.18 Å². The van der Waals surface area contributed by atoms with Gasteiger partial charge < -0.3 is 15.2 Å². The summed E-state index contributed by atoms with van der Waals surface area (Å²) in [5.74, 6) is -1.70. The second-order valence-corrected chi connectivity index (χ2v) is 8.24. The average Bonchev–Trinajstić information content (AvgIpc) is 3.42. The molecule has 0 aliphatic heterocycles. The van der Waals surface area contributed by atoms with E-state index in [9.17, 15) is 22.8 Å². The number of alkyl halides is 3. The molecule has 3 heterocycles. The minimum absolute atomic E-state index is 0.00175. The largest absolute Gasteiger partial charge is 0.478 e. The van der Waals surface area contributed by atoms with Crippen LogP contribution in [0.15, 0.2) is 91.5 Å². The predicted molar refractivity (Wildman–Crippen MR) is 135 cm³/mol. The van der Waals surface area contributed by atoms with Crippen LogP contribution in [0.25, 0.3) is 16.9 Å². The minimum Gasteiger partial charge on any atom is -0.478 e. The molecule has 0 unspecified atom stereocenters. The van der Waals surface area contributed by atoms with Crippen LogP contribution in [0, 0.1) is 0 Å². The maximum atomic E-state index is 13.6. The van der Waals surface area contributed by atoms with Crippen molar-refractivity contribution in [2.75, 3.05) is 5.32 Å². The first-order valence-corrected chi connectivity index (χ1v) is 11.5. The number of aromatic nitrogens is 5. The number of rotatable bonds is 7. The molecule has 0 bridgehead atoms. The van der Waals surface area contributed by atoms with Gasteiger partial charge in [0.2, 0.25) is 0 Å². The highest BCUT2D eigenvalue weighted by Crippen LogP contribution is 2.32. The number of ether oxygens (including phenoxy) is 1. The fourth-order valence-electron chi connectivity index (χ4n) is 3.62. The van der Waals surface area contributed by atoms with Gasteiger partial charge in [-0.25, -0.2) is 24.4 Å². The van der Waals surface area contributed by atoms with Gasteiger partial charge in [0.25, 0.3) is 5.91 Å². The van der Waals surface area contributed by atoms with E-state index in [0.717, 1.165) is 10.9 Å². The lowest BCUT2D eigenvalue weighted by molar-refractivity contribution is -0.141. The number of hydrogen-bond donors (Lipinski definition) is 2. The van der Waals surface area contributed by atoms with E-state index in [1.165, 1.54) is 55.0 Å². The average molecular weight is 546 g/mol. The smallest absolute Gasteiger partial charge is 0.435 e. The number of hydrogen-bond acceptors (Lipinski definition) is 7. The fraction of sp³-hybridized carbons (Fsp3) is 0.0370. The molecule has 0 saturated carbocycles. The second-order valence-electron chi connectivity index (χ2n) is 8.24. The van der Waals surface area contributed by atoms with Crippen LogP contribution in [0.3, 0.4) is 0 Å². The molecule has 13 heteroatoms. The van der Waals surface area contributed by atoms with Crippen molar-refractivity contribution >= 4 is 17.6 Å². The highest BCUT2D eigenvalue weighted by atomic mass is 19.4. The van der Waals surface area contributed by atoms with Crippen molar-refractivity contribution in [3.8, 4) is 28.7 Å². The molecular formula is C27H17F3N6O4. The first-order chi connectivity index (χ1) is 19.2.